The molecular formula is C17H18ClN3O2. The van der Waals surface area contributed by atoms with E-state index in [1.54, 1.807) is 4.90 Å². The maximum atomic E-state index is 12.7. The Morgan fingerprint density at radius 3 is 2.96 bits per heavy atom. The molecule has 1 saturated heterocycles. The fourth-order valence-corrected chi connectivity index (χ4v) is 3.23. The molecule has 23 heavy (non-hydrogen) atoms. The van der Waals surface area contributed by atoms with E-state index in [1.165, 1.54) is 12.8 Å². The number of H-pyrrole nitrogens is 1. The highest BCUT2D eigenvalue weighted by Gasteiger charge is 2.30. The van der Waals surface area contributed by atoms with Crippen LogP contribution in [-0.2, 0) is 4.74 Å². The Hall–Kier alpha value is -1.85. The summed E-state index contributed by atoms with van der Waals surface area (Å²) in [6, 6.07) is 9.50. The van der Waals surface area contributed by atoms with Crippen molar-refractivity contribution in [2.24, 2.45) is 0 Å². The molecule has 0 bridgehead atoms. The number of amides is 1. The van der Waals surface area contributed by atoms with Crippen molar-refractivity contribution in [3.63, 3.8) is 0 Å². The van der Waals surface area contributed by atoms with Crippen molar-refractivity contribution in [3.8, 4) is 0 Å². The van der Waals surface area contributed by atoms with E-state index in [4.69, 9.17) is 16.3 Å². The second-order valence-corrected chi connectivity index (χ2v) is 6.52. The number of halogens is 1. The number of ether oxygens (including phenoxy) is 1. The Labute approximate surface area is 139 Å². The minimum absolute atomic E-state index is 0.0477. The summed E-state index contributed by atoms with van der Waals surface area (Å²) < 4.78 is 5.81. The summed E-state index contributed by atoms with van der Waals surface area (Å²) in [6.07, 6.45) is 2.17. The average molecular weight is 332 g/mol. The number of nitrogens with one attached hydrogen (secondary N) is 1. The number of aromatic amines is 1. The minimum Gasteiger partial charge on any atom is -0.370 e. The molecule has 2 heterocycles. The van der Waals surface area contributed by atoms with Crippen molar-refractivity contribution >= 4 is 17.5 Å². The predicted molar refractivity (Wildman–Crippen MR) is 86.6 cm³/mol. The van der Waals surface area contributed by atoms with Crippen LogP contribution in [0.25, 0.3) is 0 Å². The van der Waals surface area contributed by atoms with Gasteiger partial charge in [-0.2, -0.15) is 5.10 Å². The van der Waals surface area contributed by atoms with Gasteiger partial charge in [0.2, 0.25) is 0 Å². The van der Waals surface area contributed by atoms with Crippen LogP contribution in [0.5, 0.6) is 0 Å². The van der Waals surface area contributed by atoms with E-state index in [9.17, 15) is 4.79 Å². The van der Waals surface area contributed by atoms with Crippen LogP contribution in [0.4, 0.5) is 0 Å². The maximum absolute atomic E-state index is 12.7. The van der Waals surface area contributed by atoms with Crippen LogP contribution < -0.4 is 0 Å². The smallest absolute Gasteiger partial charge is 0.274 e. The fourth-order valence-electron chi connectivity index (χ4n) is 2.97. The maximum Gasteiger partial charge on any atom is 0.274 e. The monoisotopic (exact) mass is 331 g/mol. The number of carbonyl (C=O) groups excluding carboxylic acids is 1. The molecule has 1 aromatic carbocycles. The van der Waals surface area contributed by atoms with Gasteiger partial charge in [-0.3, -0.25) is 9.89 Å². The van der Waals surface area contributed by atoms with E-state index < -0.39 is 0 Å². The molecule has 1 N–H and O–H groups in total. The molecule has 0 radical (unpaired) electrons. The SMILES string of the molecule is O=C(c1cc(C2CC2)[nH]n1)N1CCOC(c2ccccc2Cl)C1. The van der Waals surface area contributed by atoms with Gasteiger partial charge in [-0.25, -0.2) is 0 Å². The second-order valence-electron chi connectivity index (χ2n) is 6.11. The molecule has 4 rings (SSSR count). The van der Waals surface area contributed by atoms with E-state index >= 15 is 0 Å². The molecule has 5 nitrogen and oxygen atoms in total. The lowest BCUT2D eigenvalue weighted by Crippen LogP contribution is -2.42. The highest BCUT2D eigenvalue weighted by atomic mass is 35.5. The van der Waals surface area contributed by atoms with E-state index in [0.717, 1.165) is 11.3 Å². The number of nitrogens with zero attached hydrogens (tertiary/aromatic N) is 2. The largest absolute Gasteiger partial charge is 0.370 e. The summed E-state index contributed by atoms with van der Waals surface area (Å²) in [5.74, 6) is 0.512. The van der Waals surface area contributed by atoms with E-state index in [0.29, 0.717) is 36.3 Å². The van der Waals surface area contributed by atoms with Gasteiger partial charge in [0, 0.05) is 28.7 Å². The second kappa shape index (κ2) is 5.98. The number of benzene rings is 1. The van der Waals surface area contributed by atoms with Crippen molar-refractivity contribution in [2.75, 3.05) is 19.7 Å². The molecule has 2 aromatic rings. The van der Waals surface area contributed by atoms with E-state index in [-0.39, 0.29) is 12.0 Å². The molecule has 1 amide bonds. The molecule has 1 aromatic heterocycles. The molecule has 1 aliphatic heterocycles. The first-order valence-corrected chi connectivity index (χ1v) is 8.31. The molecule has 0 spiro atoms. The summed E-state index contributed by atoms with van der Waals surface area (Å²) >= 11 is 6.25. The third-order valence-corrected chi connectivity index (χ3v) is 4.78. The molecule has 1 atom stereocenters. The number of hydrogen-bond acceptors (Lipinski definition) is 3. The third-order valence-electron chi connectivity index (χ3n) is 4.44. The van der Waals surface area contributed by atoms with Crippen LogP contribution in [-0.4, -0.2) is 40.7 Å². The van der Waals surface area contributed by atoms with Gasteiger partial charge in [-0.05, 0) is 25.0 Å². The van der Waals surface area contributed by atoms with Crippen LogP contribution in [0.1, 0.15) is 46.6 Å². The molecule has 6 heteroatoms. The lowest BCUT2D eigenvalue weighted by molar-refractivity contribution is -0.0229. The zero-order valence-corrected chi connectivity index (χ0v) is 13.4. The normalized spacial score (nSPS) is 21.4. The van der Waals surface area contributed by atoms with Crippen LogP contribution in [0.15, 0.2) is 30.3 Å². The van der Waals surface area contributed by atoms with E-state index in [1.807, 2.05) is 30.3 Å². The Balaban J connectivity index is 1.50. The quantitative estimate of drug-likeness (QED) is 0.940. The highest BCUT2D eigenvalue weighted by molar-refractivity contribution is 6.31. The minimum atomic E-state index is -0.191. The number of hydrogen-bond donors (Lipinski definition) is 1. The van der Waals surface area contributed by atoms with Crippen molar-refractivity contribution in [2.45, 2.75) is 24.9 Å². The molecule has 1 unspecified atom stereocenters. The number of carbonyl (C=O) groups is 1. The Morgan fingerprint density at radius 1 is 1.35 bits per heavy atom. The number of aromatic nitrogens is 2. The molecular weight excluding hydrogens is 314 g/mol. The van der Waals surface area contributed by atoms with Gasteiger partial charge in [-0.1, -0.05) is 29.8 Å². The number of morpholine rings is 1. The predicted octanol–water partition coefficient (Wildman–Crippen LogP) is 3.15. The molecule has 2 fully saturated rings. The first kappa shape index (κ1) is 14.7. The molecule has 2 aliphatic rings. The van der Waals surface area contributed by atoms with Crippen LogP contribution in [0, 0.1) is 0 Å². The highest BCUT2D eigenvalue weighted by Crippen LogP contribution is 2.39. The summed E-state index contributed by atoms with van der Waals surface area (Å²) in [6.45, 7) is 1.57. The van der Waals surface area contributed by atoms with Gasteiger partial charge < -0.3 is 9.64 Å². The third kappa shape index (κ3) is 2.99. The Kier molecular flexibility index (Phi) is 3.83. The van der Waals surface area contributed by atoms with Crippen molar-refractivity contribution in [1.29, 1.82) is 0 Å². The first-order chi connectivity index (χ1) is 11.2. The average Bonchev–Trinajstić information content (AvgIpc) is 3.32. The van der Waals surface area contributed by atoms with Gasteiger partial charge >= 0.3 is 0 Å². The van der Waals surface area contributed by atoms with Crippen LogP contribution >= 0.6 is 11.6 Å². The van der Waals surface area contributed by atoms with Crippen LogP contribution in [0.3, 0.4) is 0 Å². The lowest BCUT2D eigenvalue weighted by Gasteiger charge is -2.33. The summed E-state index contributed by atoms with van der Waals surface area (Å²) in [5.41, 5.74) is 2.49. The summed E-state index contributed by atoms with van der Waals surface area (Å²) in [7, 11) is 0. The molecule has 1 aliphatic carbocycles. The van der Waals surface area contributed by atoms with Crippen LogP contribution in [0.2, 0.25) is 5.02 Å². The standard InChI is InChI=1S/C17H18ClN3O2/c18-13-4-2-1-3-12(13)16-10-21(7-8-23-16)17(22)15-9-14(19-20-15)11-5-6-11/h1-4,9,11,16H,5-8,10H2,(H,19,20). The molecule has 1 saturated carbocycles. The van der Waals surface area contributed by atoms with Gasteiger partial charge in [0.1, 0.15) is 11.8 Å². The van der Waals surface area contributed by atoms with Crippen molar-refractivity contribution in [1.82, 2.24) is 15.1 Å². The number of rotatable bonds is 3. The van der Waals surface area contributed by atoms with Crippen molar-refractivity contribution in [3.05, 3.63) is 52.3 Å². The summed E-state index contributed by atoms with van der Waals surface area (Å²) in [4.78, 5) is 14.5. The van der Waals surface area contributed by atoms with Gasteiger partial charge in [0.15, 0.2) is 0 Å². The van der Waals surface area contributed by atoms with Gasteiger partial charge in [0.25, 0.3) is 5.91 Å². The zero-order valence-electron chi connectivity index (χ0n) is 12.7. The Morgan fingerprint density at radius 2 is 2.17 bits per heavy atom. The summed E-state index contributed by atoms with van der Waals surface area (Å²) in [5, 5.41) is 7.84. The van der Waals surface area contributed by atoms with Gasteiger partial charge in [0.05, 0.1) is 13.2 Å². The zero-order chi connectivity index (χ0) is 15.8. The fraction of sp³-hybridized carbons (Fsp3) is 0.412. The molecule has 120 valence electrons. The first-order valence-electron chi connectivity index (χ1n) is 7.93. The van der Waals surface area contributed by atoms with Gasteiger partial charge in [-0.15, -0.1) is 0 Å². The Bertz CT molecular complexity index is 726. The van der Waals surface area contributed by atoms with E-state index in [2.05, 4.69) is 10.2 Å². The lowest BCUT2D eigenvalue weighted by atomic mass is 10.1. The topological polar surface area (TPSA) is 58.2 Å². The van der Waals surface area contributed by atoms with Crippen molar-refractivity contribution < 1.29 is 9.53 Å².